The summed E-state index contributed by atoms with van der Waals surface area (Å²) >= 11 is 0. The number of amides is 1. The highest BCUT2D eigenvalue weighted by Crippen LogP contribution is 2.32. The normalized spacial score (nSPS) is 12.8. The first-order valence-electron chi connectivity index (χ1n) is 6.93. The summed E-state index contributed by atoms with van der Waals surface area (Å²) in [5.41, 5.74) is 0.906. The van der Waals surface area contributed by atoms with Gasteiger partial charge in [-0.1, -0.05) is 6.07 Å². The quantitative estimate of drug-likeness (QED) is 0.800. The molecule has 2 aromatic heterocycles. The molecule has 1 aromatic carbocycles. The third-order valence-electron chi connectivity index (χ3n) is 3.35. The minimum absolute atomic E-state index is 0.0705. The summed E-state index contributed by atoms with van der Waals surface area (Å²) in [5.74, 6) is -0.853. The van der Waals surface area contributed by atoms with E-state index in [-0.39, 0.29) is 11.1 Å². The highest BCUT2D eigenvalue weighted by molar-refractivity contribution is 5.97. The van der Waals surface area contributed by atoms with E-state index in [2.05, 4.69) is 15.0 Å². The highest BCUT2D eigenvalue weighted by atomic mass is 19.4. The molecule has 0 radical (unpaired) electrons. The predicted molar refractivity (Wildman–Crippen MR) is 80.0 cm³/mol. The Labute approximate surface area is 134 Å². The molecule has 0 aliphatic rings. The molecule has 0 aliphatic heterocycles. The van der Waals surface area contributed by atoms with Crippen LogP contribution < -0.4 is 5.32 Å². The summed E-state index contributed by atoms with van der Waals surface area (Å²) in [4.78, 5) is 24.0. The van der Waals surface area contributed by atoms with Crippen molar-refractivity contribution in [2.75, 3.05) is 0 Å². The second-order valence-electron chi connectivity index (χ2n) is 4.99. The van der Waals surface area contributed by atoms with Crippen LogP contribution in [0, 0.1) is 0 Å². The molecule has 0 aliphatic carbocycles. The van der Waals surface area contributed by atoms with Crippen molar-refractivity contribution in [1.82, 2.24) is 20.3 Å². The van der Waals surface area contributed by atoms with Crippen LogP contribution in [-0.2, 0) is 0 Å². The van der Waals surface area contributed by atoms with Crippen molar-refractivity contribution >= 4 is 16.9 Å². The second kappa shape index (κ2) is 6.23. The number of hydrogen-bond acceptors (Lipinski definition) is 4. The molecule has 0 fully saturated rings. The summed E-state index contributed by atoms with van der Waals surface area (Å²) in [6.45, 7) is 0. The van der Waals surface area contributed by atoms with Crippen molar-refractivity contribution in [1.29, 1.82) is 0 Å². The lowest BCUT2D eigenvalue weighted by Crippen LogP contribution is -2.38. The van der Waals surface area contributed by atoms with Crippen LogP contribution in [0.5, 0.6) is 0 Å². The van der Waals surface area contributed by atoms with Gasteiger partial charge in [0.25, 0.3) is 5.91 Å². The third-order valence-corrected chi connectivity index (χ3v) is 3.35. The molecule has 0 spiro atoms. The van der Waals surface area contributed by atoms with Crippen LogP contribution in [-0.4, -0.2) is 27.0 Å². The van der Waals surface area contributed by atoms with Gasteiger partial charge in [0.2, 0.25) is 0 Å². The van der Waals surface area contributed by atoms with E-state index < -0.39 is 18.1 Å². The Bertz CT molecular complexity index is 868. The van der Waals surface area contributed by atoms with Crippen LogP contribution in [0.2, 0.25) is 0 Å². The minimum Gasteiger partial charge on any atom is -0.337 e. The lowest BCUT2D eigenvalue weighted by atomic mass is 10.1. The first-order valence-corrected chi connectivity index (χ1v) is 6.93. The Kier molecular flexibility index (Phi) is 4.11. The smallest absolute Gasteiger partial charge is 0.337 e. The average molecular weight is 332 g/mol. The largest absolute Gasteiger partial charge is 0.412 e. The van der Waals surface area contributed by atoms with E-state index in [1.54, 1.807) is 0 Å². The van der Waals surface area contributed by atoms with Gasteiger partial charge in [-0.3, -0.25) is 19.7 Å². The Morgan fingerprint density at radius 1 is 1.04 bits per heavy atom. The molecule has 0 unspecified atom stereocenters. The van der Waals surface area contributed by atoms with Crippen LogP contribution in [0.3, 0.4) is 0 Å². The molecule has 5 nitrogen and oxygen atoms in total. The molecule has 0 bridgehead atoms. The van der Waals surface area contributed by atoms with Gasteiger partial charge in [-0.25, -0.2) is 0 Å². The van der Waals surface area contributed by atoms with Crippen LogP contribution in [0.15, 0.2) is 55.1 Å². The lowest BCUT2D eigenvalue weighted by molar-refractivity contribution is -0.155. The predicted octanol–water partition coefficient (Wildman–Crippen LogP) is 3.06. The molecule has 3 aromatic rings. The number of halogens is 3. The molecular formula is C16H11F3N4O. The zero-order valence-electron chi connectivity index (χ0n) is 12.2. The number of nitrogens with zero attached hydrogens (tertiary/aromatic N) is 3. The Hall–Kier alpha value is -3.03. The fraction of sp³-hybridized carbons (Fsp3) is 0.125. The summed E-state index contributed by atoms with van der Waals surface area (Å²) < 4.78 is 39.8. The highest BCUT2D eigenvalue weighted by Gasteiger charge is 2.42. The molecule has 1 amide bonds. The van der Waals surface area contributed by atoms with E-state index >= 15 is 0 Å². The number of benzene rings is 1. The molecule has 24 heavy (non-hydrogen) atoms. The Morgan fingerprint density at radius 3 is 2.46 bits per heavy atom. The van der Waals surface area contributed by atoms with Crippen molar-refractivity contribution in [2.24, 2.45) is 0 Å². The number of aromatic nitrogens is 3. The van der Waals surface area contributed by atoms with Crippen LogP contribution in [0.4, 0.5) is 13.2 Å². The van der Waals surface area contributed by atoms with E-state index in [9.17, 15) is 18.0 Å². The molecule has 122 valence electrons. The van der Waals surface area contributed by atoms with E-state index in [0.717, 1.165) is 6.20 Å². The summed E-state index contributed by atoms with van der Waals surface area (Å²) in [6.07, 6.45) is 0.725. The molecule has 2 heterocycles. The van der Waals surface area contributed by atoms with Crippen molar-refractivity contribution in [3.05, 3.63) is 66.2 Å². The van der Waals surface area contributed by atoms with E-state index in [1.165, 1.54) is 48.9 Å². The van der Waals surface area contributed by atoms with Crippen molar-refractivity contribution in [3.63, 3.8) is 0 Å². The second-order valence-corrected chi connectivity index (χ2v) is 4.99. The van der Waals surface area contributed by atoms with Crippen molar-refractivity contribution in [2.45, 2.75) is 12.2 Å². The van der Waals surface area contributed by atoms with Gasteiger partial charge < -0.3 is 5.32 Å². The van der Waals surface area contributed by atoms with Crippen molar-refractivity contribution in [3.8, 4) is 0 Å². The fourth-order valence-corrected chi connectivity index (χ4v) is 2.22. The topological polar surface area (TPSA) is 67.8 Å². The number of pyridine rings is 1. The number of alkyl halides is 3. The number of carbonyl (C=O) groups is 1. The molecule has 1 atom stereocenters. The Balaban J connectivity index is 1.90. The first-order chi connectivity index (χ1) is 11.4. The Morgan fingerprint density at radius 2 is 1.79 bits per heavy atom. The average Bonchev–Trinajstić information content (AvgIpc) is 2.58. The van der Waals surface area contributed by atoms with Gasteiger partial charge in [-0.05, 0) is 24.3 Å². The van der Waals surface area contributed by atoms with Gasteiger partial charge >= 0.3 is 6.18 Å². The maximum Gasteiger partial charge on any atom is 0.412 e. The maximum atomic E-state index is 13.3. The SMILES string of the molecule is O=C(N[C@H](c1cccnc1)C(F)(F)F)c1ccc2nccnc2c1. The monoisotopic (exact) mass is 332 g/mol. The van der Waals surface area contributed by atoms with E-state index in [4.69, 9.17) is 0 Å². The molecule has 0 saturated heterocycles. The first kappa shape index (κ1) is 15.9. The molecule has 0 saturated carbocycles. The third kappa shape index (κ3) is 3.32. The van der Waals surface area contributed by atoms with Gasteiger partial charge in [0.05, 0.1) is 11.0 Å². The van der Waals surface area contributed by atoms with Crippen LogP contribution in [0.1, 0.15) is 22.0 Å². The number of carbonyl (C=O) groups excluding carboxylic acids is 1. The number of hydrogen-bond donors (Lipinski definition) is 1. The lowest BCUT2D eigenvalue weighted by Gasteiger charge is -2.21. The van der Waals surface area contributed by atoms with Gasteiger partial charge in [-0.2, -0.15) is 13.2 Å². The molecule has 8 heteroatoms. The maximum absolute atomic E-state index is 13.3. The zero-order valence-corrected chi connectivity index (χ0v) is 12.2. The van der Waals surface area contributed by atoms with E-state index in [0.29, 0.717) is 11.0 Å². The zero-order chi connectivity index (χ0) is 17.2. The van der Waals surface area contributed by atoms with Gasteiger partial charge in [-0.15, -0.1) is 0 Å². The molecular weight excluding hydrogens is 321 g/mol. The number of rotatable bonds is 3. The van der Waals surface area contributed by atoms with Crippen molar-refractivity contribution < 1.29 is 18.0 Å². The minimum atomic E-state index is -4.64. The van der Waals surface area contributed by atoms with Gasteiger partial charge in [0.15, 0.2) is 6.04 Å². The van der Waals surface area contributed by atoms with Crippen LogP contribution in [0.25, 0.3) is 11.0 Å². The van der Waals surface area contributed by atoms with Gasteiger partial charge in [0, 0.05) is 35.9 Å². The summed E-state index contributed by atoms with van der Waals surface area (Å²) in [6, 6.07) is 4.83. The fourth-order valence-electron chi connectivity index (χ4n) is 2.22. The molecule has 3 rings (SSSR count). The summed E-state index contributed by atoms with van der Waals surface area (Å²) in [7, 11) is 0. The molecule has 1 N–H and O–H groups in total. The van der Waals surface area contributed by atoms with Gasteiger partial charge in [0.1, 0.15) is 0 Å². The number of nitrogens with one attached hydrogen (secondary N) is 1. The van der Waals surface area contributed by atoms with E-state index in [1.807, 2.05) is 5.32 Å². The summed E-state index contributed by atoms with van der Waals surface area (Å²) in [5, 5.41) is 2.00. The standard InChI is InChI=1S/C16H11F3N4O/c17-16(18,19)14(11-2-1-5-20-9-11)23-15(24)10-3-4-12-13(8-10)22-7-6-21-12/h1-9,14H,(H,23,24)/t14-/m1/s1. The van der Waals surface area contributed by atoms with Crippen LogP contribution >= 0.6 is 0 Å². The number of fused-ring (bicyclic) bond motifs is 1.